The number of allylic oxidation sites excluding steroid dienone is 4. The number of fused-ring (bicyclic) bond motifs is 4. The van der Waals surface area contributed by atoms with Gasteiger partial charge in [0.1, 0.15) is 0 Å². The second kappa shape index (κ2) is 17.4. The fourth-order valence-electron chi connectivity index (χ4n) is 9.91. The Morgan fingerprint density at radius 3 is 1.68 bits per heavy atom. The van der Waals surface area contributed by atoms with Gasteiger partial charge in [-0.25, -0.2) is 0 Å². The van der Waals surface area contributed by atoms with Crippen molar-refractivity contribution < 1.29 is 0 Å². The molecule has 0 fully saturated rings. The molecule has 1 aliphatic rings. The van der Waals surface area contributed by atoms with Crippen LogP contribution in [0.2, 0.25) is 0 Å². The monoisotopic (exact) mass is 830 g/mol. The summed E-state index contributed by atoms with van der Waals surface area (Å²) < 4.78 is 2.49. The van der Waals surface area contributed by atoms with Gasteiger partial charge < -0.3 is 9.88 Å². The second-order valence-corrected chi connectivity index (χ2v) is 16.5. The maximum atomic E-state index is 3.67. The lowest BCUT2D eigenvalue weighted by Gasteiger charge is -2.34. The summed E-state index contributed by atoms with van der Waals surface area (Å²) in [5.74, 6) is 0. The minimum Gasteiger partial charge on any atom is -0.362 e. The van der Waals surface area contributed by atoms with Gasteiger partial charge in [-0.2, -0.15) is 0 Å². The first kappa shape index (κ1) is 39.4. The molecule has 1 aliphatic carbocycles. The molecule has 0 atom stereocenters. The van der Waals surface area contributed by atoms with Crippen molar-refractivity contribution in [1.82, 2.24) is 4.57 Å². The average Bonchev–Trinajstić information content (AvgIpc) is 3.88. The third-order valence-corrected chi connectivity index (χ3v) is 12.8. The van der Waals surface area contributed by atoms with E-state index in [9.17, 15) is 0 Å². The summed E-state index contributed by atoms with van der Waals surface area (Å²) in [6, 6.07) is 87.7. The van der Waals surface area contributed by atoms with E-state index in [-0.39, 0.29) is 0 Å². The third kappa shape index (κ3) is 7.22. The van der Waals surface area contributed by atoms with Crippen LogP contribution in [-0.2, 0) is 5.41 Å². The van der Waals surface area contributed by atoms with Crippen molar-refractivity contribution in [3.8, 4) is 39.2 Å². The van der Waals surface area contributed by atoms with E-state index >= 15 is 0 Å². The molecule has 2 heteroatoms. The van der Waals surface area contributed by atoms with E-state index < -0.39 is 5.41 Å². The summed E-state index contributed by atoms with van der Waals surface area (Å²) in [4.78, 5) is 0. The molecular formula is C63H46N2. The quantitative estimate of drug-likeness (QED) is 0.129. The lowest BCUT2D eigenvalue weighted by Crippen LogP contribution is -2.28. The Kier molecular flexibility index (Phi) is 10.5. The van der Waals surface area contributed by atoms with Gasteiger partial charge in [0.05, 0.1) is 16.6 Å². The van der Waals surface area contributed by atoms with Gasteiger partial charge in [0.25, 0.3) is 0 Å². The van der Waals surface area contributed by atoms with Gasteiger partial charge >= 0.3 is 0 Å². The van der Waals surface area contributed by atoms with E-state index in [1.54, 1.807) is 0 Å². The molecule has 0 saturated heterocycles. The maximum absolute atomic E-state index is 3.67. The molecule has 1 N–H and O–H groups in total. The number of hydrogen-bond acceptors (Lipinski definition) is 1. The Morgan fingerprint density at radius 1 is 0.477 bits per heavy atom. The highest BCUT2D eigenvalue weighted by molar-refractivity contribution is 6.06. The minimum atomic E-state index is -0.606. The fraction of sp³-hybridized carbons (Fsp3) is 0.0159. The predicted molar refractivity (Wildman–Crippen MR) is 274 cm³/mol. The molecule has 2 nitrogen and oxygen atoms in total. The van der Waals surface area contributed by atoms with Crippen LogP contribution in [-0.4, -0.2) is 4.57 Å². The summed E-state index contributed by atoms with van der Waals surface area (Å²) >= 11 is 0. The smallest absolute Gasteiger partial charge is 0.0715 e. The Hall–Kier alpha value is -8.46. The van der Waals surface area contributed by atoms with Gasteiger partial charge in [-0.1, -0.05) is 231 Å². The van der Waals surface area contributed by atoms with Crippen LogP contribution in [0, 0.1) is 0 Å². The van der Waals surface area contributed by atoms with Crippen LogP contribution in [0.1, 0.15) is 33.4 Å². The van der Waals surface area contributed by atoms with Gasteiger partial charge in [-0.05, 0) is 97.6 Å². The molecule has 0 unspecified atom stereocenters. The van der Waals surface area contributed by atoms with Crippen LogP contribution in [0.3, 0.4) is 0 Å². The van der Waals surface area contributed by atoms with Crippen molar-refractivity contribution in [2.24, 2.45) is 0 Å². The van der Waals surface area contributed by atoms with Crippen molar-refractivity contribution >= 4 is 28.2 Å². The van der Waals surface area contributed by atoms with Crippen molar-refractivity contribution in [2.75, 3.05) is 5.32 Å². The topological polar surface area (TPSA) is 17.0 Å². The number of rotatable bonds is 11. The molecule has 0 radical (unpaired) electrons. The van der Waals surface area contributed by atoms with Crippen molar-refractivity contribution in [3.05, 3.63) is 300 Å². The standard InChI is InChI=1S/C63H46N2/c1-7-22-46(23-8-1)37-38-48(47-24-9-2-10-25-47)30-21-43-64-53-39-41-55-56-42-40-54(45-59(56)63(58(55)44-53,51-31-15-5-16-32-51)52-33-17-6-18-34-52)65-60-36-20-19-35-57(60)61(49-26-11-3-12-27-49)62(65)50-28-13-4-14-29-50/h1-45,64H/b38-37-,43-21+,48-30+. The molecular weight excluding hydrogens is 785 g/mol. The van der Waals surface area contributed by atoms with Crippen LogP contribution in [0.25, 0.3) is 61.8 Å². The summed E-state index contributed by atoms with van der Waals surface area (Å²) in [7, 11) is 0. The minimum absolute atomic E-state index is 0.606. The van der Waals surface area contributed by atoms with E-state index in [1.165, 1.54) is 72.2 Å². The summed E-state index contributed by atoms with van der Waals surface area (Å²) in [6.07, 6.45) is 10.7. The summed E-state index contributed by atoms with van der Waals surface area (Å²) in [6.45, 7) is 0. The molecule has 0 saturated carbocycles. The summed E-state index contributed by atoms with van der Waals surface area (Å²) in [5, 5.41) is 4.89. The zero-order chi connectivity index (χ0) is 43.4. The molecule has 1 aromatic heterocycles. The van der Waals surface area contributed by atoms with E-state index in [0.29, 0.717) is 0 Å². The number of benzene rings is 9. The molecule has 10 aromatic rings. The second-order valence-electron chi connectivity index (χ2n) is 16.5. The lowest BCUT2D eigenvalue weighted by molar-refractivity contribution is 0.767. The van der Waals surface area contributed by atoms with Gasteiger partial charge in [0.15, 0.2) is 0 Å². The van der Waals surface area contributed by atoms with Gasteiger partial charge in [0.2, 0.25) is 0 Å². The Bertz CT molecular complexity index is 3310. The Labute approximate surface area is 381 Å². The van der Waals surface area contributed by atoms with Crippen molar-refractivity contribution in [2.45, 2.75) is 5.41 Å². The fourth-order valence-corrected chi connectivity index (χ4v) is 9.91. The number of aromatic nitrogens is 1. The third-order valence-electron chi connectivity index (χ3n) is 12.8. The molecule has 1 heterocycles. The Morgan fingerprint density at radius 2 is 1.02 bits per heavy atom. The number of para-hydroxylation sites is 1. The van der Waals surface area contributed by atoms with E-state index in [0.717, 1.165) is 22.5 Å². The molecule has 0 bridgehead atoms. The maximum Gasteiger partial charge on any atom is 0.0715 e. The van der Waals surface area contributed by atoms with Crippen LogP contribution in [0.4, 0.5) is 5.69 Å². The number of nitrogens with zero attached hydrogens (tertiary/aromatic N) is 1. The van der Waals surface area contributed by atoms with Gasteiger partial charge in [0, 0.05) is 28.5 Å². The molecule has 0 aliphatic heterocycles. The highest BCUT2D eigenvalue weighted by atomic mass is 15.0. The van der Waals surface area contributed by atoms with Crippen LogP contribution >= 0.6 is 0 Å². The zero-order valence-corrected chi connectivity index (χ0v) is 35.9. The number of anilines is 1. The predicted octanol–water partition coefficient (Wildman–Crippen LogP) is 16.1. The van der Waals surface area contributed by atoms with E-state index in [2.05, 4.69) is 271 Å². The van der Waals surface area contributed by atoms with Gasteiger partial charge in [-0.3, -0.25) is 0 Å². The zero-order valence-electron chi connectivity index (χ0n) is 35.9. The Balaban J connectivity index is 1.07. The lowest BCUT2D eigenvalue weighted by atomic mass is 9.67. The number of hydrogen-bond donors (Lipinski definition) is 1. The highest BCUT2D eigenvalue weighted by Gasteiger charge is 2.46. The van der Waals surface area contributed by atoms with Crippen LogP contribution in [0.5, 0.6) is 0 Å². The first-order chi connectivity index (χ1) is 32.3. The van der Waals surface area contributed by atoms with Crippen molar-refractivity contribution in [1.29, 1.82) is 0 Å². The van der Waals surface area contributed by atoms with Crippen LogP contribution in [0.15, 0.2) is 267 Å². The largest absolute Gasteiger partial charge is 0.362 e. The molecule has 9 aromatic carbocycles. The SMILES string of the molecule is C(=C/c1ccccc1)/C(=C\C=C\Nc1ccc2c(c1)C(c1ccccc1)(c1ccccc1)c1cc(-n3c(-c4ccccc4)c(-c4ccccc4)c4ccccc43)ccc1-2)c1ccccc1. The molecule has 11 rings (SSSR count). The van der Waals surface area contributed by atoms with E-state index in [4.69, 9.17) is 0 Å². The normalized spacial score (nSPS) is 13.0. The molecule has 0 amide bonds. The van der Waals surface area contributed by atoms with Gasteiger partial charge in [-0.15, -0.1) is 0 Å². The first-order valence-electron chi connectivity index (χ1n) is 22.3. The summed E-state index contributed by atoms with van der Waals surface area (Å²) in [5.41, 5.74) is 18.4. The van der Waals surface area contributed by atoms with Crippen molar-refractivity contribution in [3.63, 3.8) is 0 Å². The highest BCUT2D eigenvalue weighted by Crippen LogP contribution is 2.57. The molecule has 65 heavy (non-hydrogen) atoms. The first-order valence-corrected chi connectivity index (χ1v) is 22.3. The van der Waals surface area contributed by atoms with E-state index in [1.807, 2.05) is 12.3 Å². The molecule has 308 valence electrons. The number of nitrogens with one attached hydrogen (secondary N) is 1. The average molecular weight is 831 g/mol. The van der Waals surface area contributed by atoms with Crippen LogP contribution < -0.4 is 5.32 Å². The molecule has 0 spiro atoms.